The summed E-state index contributed by atoms with van der Waals surface area (Å²) in [5.74, 6) is 0.826. The Hall–Kier alpha value is -2.77. The minimum Gasteiger partial charge on any atom is -0.492 e. The smallest absolute Gasteiger partial charge is 0.323 e. The number of hydrogen-bond donors (Lipinski definition) is 1. The highest BCUT2D eigenvalue weighted by Crippen LogP contribution is 2.24. The number of halogens is 1. The molecule has 0 saturated heterocycles. The molecule has 0 saturated carbocycles. The first-order valence-electron chi connectivity index (χ1n) is 9.23. The number of esters is 1. The van der Waals surface area contributed by atoms with E-state index >= 15 is 0 Å². The number of hydrogen-bond acceptors (Lipinski definition) is 6. The van der Waals surface area contributed by atoms with Crippen molar-refractivity contribution < 1.29 is 23.8 Å². The molecular weight excluding hydrogens is 396 g/mol. The highest BCUT2D eigenvalue weighted by molar-refractivity contribution is 5.97. The van der Waals surface area contributed by atoms with Crippen LogP contribution in [0.2, 0.25) is 0 Å². The molecule has 0 spiro atoms. The minimum atomic E-state index is -0.681. The Morgan fingerprint density at radius 3 is 2.66 bits per heavy atom. The molecule has 0 aliphatic carbocycles. The van der Waals surface area contributed by atoms with Gasteiger partial charge in [-0.1, -0.05) is 24.3 Å². The van der Waals surface area contributed by atoms with Gasteiger partial charge in [0.05, 0.1) is 18.7 Å². The van der Waals surface area contributed by atoms with Crippen molar-refractivity contribution in [3.8, 4) is 11.5 Å². The van der Waals surface area contributed by atoms with Gasteiger partial charge in [0, 0.05) is 0 Å². The molecule has 1 heterocycles. The number of ether oxygens (including phenoxy) is 3. The fourth-order valence-corrected chi connectivity index (χ4v) is 2.89. The molecule has 0 radical (unpaired) electrons. The zero-order valence-corrected chi connectivity index (χ0v) is 17.0. The first-order valence-corrected chi connectivity index (χ1v) is 9.23. The SMILES string of the molecule is CCOC(=O)C(N)Cc1ccc(OCCN2COc3ccccc3C2=O)cc1.Cl. The third-order valence-electron chi connectivity index (χ3n) is 4.38. The largest absolute Gasteiger partial charge is 0.492 e. The number of fused-ring (bicyclic) bond motifs is 1. The number of rotatable bonds is 8. The number of nitrogens with two attached hydrogens (primary N) is 1. The summed E-state index contributed by atoms with van der Waals surface area (Å²) >= 11 is 0. The number of carbonyl (C=O) groups is 2. The quantitative estimate of drug-likeness (QED) is 0.659. The van der Waals surface area contributed by atoms with E-state index in [2.05, 4.69) is 0 Å². The van der Waals surface area contributed by atoms with Crippen molar-refractivity contribution in [1.29, 1.82) is 0 Å². The molecule has 1 aliphatic heterocycles. The van der Waals surface area contributed by atoms with Crippen LogP contribution in [0.3, 0.4) is 0 Å². The molecule has 0 bridgehead atoms. The van der Waals surface area contributed by atoms with Gasteiger partial charge in [-0.3, -0.25) is 9.59 Å². The predicted octanol–water partition coefficient (Wildman–Crippen LogP) is 2.41. The van der Waals surface area contributed by atoms with Gasteiger partial charge in [0.1, 0.15) is 24.1 Å². The van der Waals surface area contributed by atoms with Crippen LogP contribution in [-0.2, 0) is 16.0 Å². The highest BCUT2D eigenvalue weighted by Gasteiger charge is 2.24. The lowest BCUT2D eigenvalue weighted by molar-refractivity contribution is -0.144. The Morgan fingerprint density at radius 1 is 1.21 bits per heavy atom. The second-order valence-electron chi connectivity index (χ2n) is 6.39. The lowest BCUT2D eigenvalue weighted by atomic mass is 10.1. The zero-order valence-electron chi connectivity index (χ0n) is 16.2. The van der Waals surface area contributed by atoms with Crippen LogP contribution in [0.15, 0.2) is 48.5 Å². The highest BCUT2D eigenvalue weighted by atomic mass is 35.5. The molecule has 1 unspecified atom stereocenters. The van der Waals surface area contributed by atoms with Gasteiger partial charge in [0.2, 0.25) is 0 Å². The van der Waals surface area contributed by atoms with Crippen LogP contribution in [0.25, 0.3) is 0 Å². The zero-order chi connectivity index (χ0) is 19.9. The van der Waals surface area contributed by atoms with Crippen LogP contribution in [0, 0.1) is 0 Å². The number of benzene rings is 2. The fraction of sp³-hybridized carbons (Fsp3) is 0.333. The number of amides is 1. The van der Waals surface area contributed by atoms with Crippen molar-refractivity contribution in [2.45, 2.75) is 19.4 Å². The van der Waals surface area contributed by atoms with Gasteiger partial charge in [-0.2, -0.15) is 0 Å². The van der Waals surface area contributed by atoms with Gasteiger partial charge in [-0.05, 0) is 43.2 Å². The van der Waals surface area contributed by atoms with Crippen LogP contribution < -0.4 is 15.2 Å². The molecule has 8 heteroatoms. The van der Waals surface area contributed by atoms with E-state index < -0.39 is 12.0 Å². The summed E-state index contributed by atoms with van der Waals surface area (Å²) < 4.78 is 16.2. The Balaban J connectivity index is 0.00000300. The van der Waals surface area contributed by atoms with E-state index in [1.165, 1.54) is 0 Å². The molecule has 2 aromatic carbocycles. The van der Waals surface area contributed by atoms with E-state index in [4.69, 9.17) is 19.9 Å². The van der Waals surface area contributed by atoms with E-state index in [-0.39, 0.29) is 25.0 Å². The standard InChI is InChI=1S/C21H24N2O5.ClH/c1-2-26-21(25)18(22)13-15-7-9-16(10-8-15)27-12-11-23-14-28-19-6-4-3-5-17(19)20(23)24;/h3-10,18H,2,11-14,22H2,1H3;1H. The summed E-state index contributed by atoms with van der Waals surface area (Å²) in [4.78, 5) is 25.7. The van der Waals surface area contributed by atoms with Crippen molar-refractivity contribution >= 4 is 24.3 Å². The van der Waals surface area contributed by atoms with Crippen molar-refractivity contribution in [1.82, 2.24) is 4.90 Å². The first kappa shape index (κ1) is 22.5. The third-order valence-corrected chi connectivity index (χ3v) is 4.38. The molecule has 0 fully saturated rings. The molecule has 1 atom stereocenters. The van der Waals surface area contributed by atoms with Crippen LogP contribution in [0.5, 0.6) is 11.5 Å². The Kier molecular flexibility index (Phi) is 8.30. The van der Waals surface area contributed by atoms with Gasteiger partial charge in [0.15, 0.2) is 6.73 Å². The van der Waals surface area contributed by atoms with Crippen LogP contribution in [-0.4, -0.2) is 49.3 Å². The maximum absolute atomic E-state index is 12.4. The molecule has 1 amide bonds. The van der Waals surface area contributed by atoms with Crippen molar-refractivity contribution in [3.05, 3.63) is 59.7 Å². The predicted molar refractivity (Wildman–Crippen MR) is 110 cm³/mol. The Bertz CT molecular complexity index is 828. The Labute approximate surface area is 176 Å². The van der Waals surface area contributed by atoms with E-state index in [9.17, 15) is 9.59 Å². The molecule has 156 valence electrons. The van der Waals surface area contributed by atoms with Gasteiger partial charge in [-0.15, -0.1) is 12.4 Å². The molecule has 0 aromatic heterocycles. The van der Waals surface area contributed by atoms with Crippen molar-refractivity contribution in [2.24, 2.45) is 5.73 Å². The molecule has 1 aliphatic rings. The van der Waals surface area contributed by atoms with Gasteiger partial charge in [0.25, 0.3) is 5.91 Å². The monoisotopic (exact) mass is 420 g/mol. The summed E-state index contributed by atoms with van der Waals surface area (Å²) in [6.07, 6.45) is 0.401. The number of nitrogens with zero attached hydrogens (tertiary/aromatic N) is 1. The maximum Gasteiger partial charge on any atom is 0.323 e. The van der Waals surface area contributed by atoms with Crippen molar-refractivity contribution in [3.63, 3.8) is 0 Å². The molecular formula is C21H25ClN2O5. The average Bonchev–Trinajstić information content (AvgIpc) is 2.71. The topological polar surface area (TPSA) is 91.1 Å². The summed E-state index contributed by atoms with van der Waals surface area (Å²) in [5, 5.41) is 0. The molecule has 29 heavy (non-hydrogen) atoms. The second kappa shape index (κ2) is 10.7. The Morgan fingerprint density at radius 2 is 1.93 bits per heavy atom. The van der Waals surface area contributed by atoms with Crippen LogP contribution in [0.4, 0.5) is 0 Å². The van der Waals surface area contributed by atoms with Gasteiger partial charge >= 0.3 is 5.97 Å². The van der Waals surface area contributed by atoms with E-state index in [0.29, 0.717) is 43.2 Å². The van der Waals surface area contributed by atoms with Crippen molar-refractivity contribution in [2.75, 3.05) is 26.5 Å². The van der Waals surface area contributed by atoms with E-state index in [1.54, 1.807) is 24.0 Å². The average molecular weight is 421 g/mol. The van der Waals surface area contributed by atoms with E-state index in [0.717, 1.165) is 5.56 Å². The second-order valence-corrected chi connectivity index (χ2v) is 6.39. The van der Waals surface area contributed by atoms with Gasteiger partial charge in [-0.25, -0.2) is 0 Å². The third kappa shape index (κ3) is 5.85. The first-order chi connectivity index (χ1) is 13.6. The fourth-order valence-electron chi connectivity index (χ4n) is 2.89. The van der Waals surface area contributed by atoms with E-state index in [1.807, 2.05) is 36.4 Å². The number of carbonyl (C=O) groups excluding carboxylic acids is 2. The molecule has 2 N–H and O–H groups in total. The lowest BCUT2D eigenvalue weighted by Gasteiger charge is -2.28. The normalized spacial score (nSPS) is 13.6. The molecule has 2 aromatic rings. The maximum atomic E-state index is 12.4. The molecule has 7 nitrogen and oxygen atoms in total. The van der Waals surface area contributed by atoms with Gasteiger partial charge < -0.3 is 24.8 Å². The van der Waals surface area contributed by atoms with Crippen LogP contribution >= 0.6 is 12.4 Å². The number of para-hydroxylation sites is 1. The summed E-state index contributed by atoms with van der Waals surface area (Å²) in [5.41, 5.74) is 7.31. The summed E-state index contributed by atoms with van der Waals surface area (Å²) in [6, 6.07) is 13.9. The van der Waals surface area contributed by atoms with Crippen LogP contribution in [0.1, 0.15) is 22.8 Å². The summed E-state index contributed by atoms with van der Waals surface area (Å²) in [7, 11) is 0. The lowest BCUT2D eigenvalue weighted by Crippen LogP contribution is -2.40. The minimum absolute atomic E-state index is 0. The molecule has 3 rings (SSSR count). The summed E-state index contributed by atoms with van der Waals surface area (Å²) in [6.45, 7) is 3.04.